The zero-order valence-electron chi connectivity index (χ0n) is 10.4. The van der Waals surface area contributed by atoms with Gasteiger partial charge in [-0.2, -0.15) is 8.42 Å². The third kappa shape index (κ3) is 3.54. The smallest absolute Gasteiger partial charge is 0.264 e. The van der Waals surface area contributed by atoms with Crippen LogP contribution in [0.3, 0.4) is 0 Å². The van der Waals surface area contributed by atoms with Crippen molar-refractivity contribution in [3.8, 4) is 0 Å². The standard InChI is InChI=1S/C12H16BrNO3S/c1-14-7-9-3-4-11(13)5-10(9)6-12(14)8-17-18(2,15)16/h3-5,12H,6-8H2,1-2H3/t12-/m0/s1. The van der Waals surface area contributed by atoms with Crippen LogP contribution in [-0.2, 0) is 27.3 Å². The molecular weight excluding hydrogens is 318 g/mol. The molecule has 0 bridgehead atoms. The molecule has 1 aromatic carbocycles. The SMILES string of the molecule is CN1Cc2ccc(Br)cc2C[C@H]1COS(C)(=O)=O. The number of fused-ring (bicyclic) bond motifs is 1. The quantitative estimate of drug-likeness (QED) is 0.791. The number of halogens is 1. The van der Waals surface area contributed by atoms with E-state index in [0.717, 1.165) is 23.7 Å². The number of hydrogen-bond acceptors (Lipinski definition) is 4. The number of likely N-dealkylation sites (N-methyl/N-ethyl adjacent to an activating group) is 1. The summed E-state index contributed by atoms with van der Waals surface area (Å²) in [6.45, 7) is 1.03. The molecule has 1 atom stereocenters. The Morgan fingerprint density at radius 2 is 2.17 bits per heavy atom. The first-order chi connectivity index (χ1) is 8.35. The van der Waals surface area contributed by atoms with Crippen LogP contribution in [0.25, 0.3) is 0 Å². The fourth-order valence-corrected chi connectivity index (χ4v) is 2.95. The van der Waals surface area contributed by atoms with Crippen molar-refractivity contribution in [2.45, 2.75) is 19.0 Å². The molecule has 100 valence electrons. The maximum atomic E-state index is 11.0. The van der Waals surface area contributed by atoms with Gasteiger partial charge < -0.3 is 0 Å². The highest BCUT2D eigenvalue weighted by atomic mass is 79.9. The second-order valence-electron chi connectivity index (χ2n) is 4.67. The molecule has 0 unspecified atom stereocenters. The molecular formula is C12H16BrNO3S. The van der Waals surface area contributed by atoms with Gasteiger partial charge in [0, 0.05) is 17.1 Å². The first kappa shape index (κ1) is 14.0. The molecule has 0 saturated carbocycles. The predicted molar refractivity (Wildman–Crippen MR) is 73.9 cm³/mol. The summed E-state index contributed by atoms with van der Waals surface area (Å²) in [7, 11) is -1.38. The van der Waals surface area contributed by atoms with E-state index in [1.807, 2.05) is 13.1 Å². The van der Waals surface area contributed by atoms with Gasteiger partial charge in [0.25, 0.3) is 10.1 Å². The maximum Gasteiger partial charge on any atom is 0.264 e. The Kier molecular flexibility index (Phi) is 4.11. The molecule has 1 aliphatic heterocycles. The van der Waals surface area contributed by atoms with Crippen LogP contribution in [0.5, 0.6) is 0 Å². The van der Waals surface area contributed by atoms with Crippen molar-refractivity contribution in [2.24, 2.45) is 0 Å². The van der Waals surface area contributed by atoms with Gasteiger partial charge in [-0.1, -0.05) is 22.0 Å². The summed E-state index contributed by atoms with van der Waals surface area (Å²) in [6.07, 6.45) is 1.89. The van der Waals surface area contributed by atoms with Crippen molar-refractivity contribution < 1.29 is 12.6 Å². The molecule has 0 N–H and O–H groups in total. The summed E-state index contributed by atoms with van der Waals surface area (Å²) in [6, 6.07) is 6.32. The third-order valence-corrected chi connectivity index (χ3v) is 4.20. The third-order valence-electron chi connectivity index (χ3n) is 3.14. The number of nitrogens with zero attached hydrogens (tertiary/aromatic N) is 1. The molecule has 0 amide bonds. The molecule has 0 radical (unpaired) electrons. The first-order valence-corrected chi connectivity index (χ1v) is 8.28. The highest BCUT2D eigenvalue weighted by molar-refractivity contribution is 9.10. The van der Waals surface area contributed by atoms with E-state index in [1.54, 1.807) is 0 Å². The number of rotatable bonds is 3. The van der Waals surface area contributed by atoms with E-state index in [2.05, 4.69) is 33.0 Å². The van der Waals surface area contributed by atoms with Crippen molar-refractivity contribution in [3.05, 3.63) is 33.8 Å². The first-order valence-electron chi connectivity index (χ1n) is 5.67. The van der Waals surface area contributed by atoms with Crippen molar-refractivity contribution in [2.75, 3.05) is 19.9 Å². The summed E-state index contributed by atoms with van der Waals surface area (Å²) < 4.78 is 28.0. The average Bonchev–Trinajstić information content (AvgIpc) is 2.26. The van der Waals surface area contributed by atoms with Crippen LogP contribution in [0, 0.1) is 0 Å². The lowest BCUT2D eigenvalue weighted by molar-refractivity contribution is 0.148. The lowest BCUT2D eigenvalue weighted by Gasteiger charge is -2.33. The Morgan fingerprint density at radius 3 is 2.83 bits per heavy atom. The van der Waals surface area contributed by atoms with Crippen molar-refractivity contribution >= 4 is 26.0 Å². The van der Waals surface area contributed by atoms with Crippen LogP contribution in [0.1, 0.15) is 11.1 Å². The monoisotopic (exact) mass is 333 g/mol. The molecule has 1 aliphatic rings. The summed E-state index contributed by atoms with van der Waals surface area (Å²) in [5.41, 5.74) is 2.54. The van der Waals surface area contributed by atoms with E-state index in [-0.39, 0.29) is 12.6 Å². The number of hydrogen-bond donors (Lipinski definition) is 0. The predicted octanol–water partition coefficient (Wildman–Crippen LogP) is 1.78. The van der Waals surface area contributed by atoms with E-state index in [1.165, 1.54) is 11.1 Å². The molecule has 2 rings (SSSR count). The van der Waals surface area contributed by atoms with Crippen LogP contribution in [-0.4, -0.2) is 39.3 Å². The fraction of sp³-hybridized carbons (Fsp3) is 0.500. The average molecular weight is 334 g/mol. The summed E-state index contributed by atoms with van der Waals surface area (Å²) in [5.74, 6) is 0. The minimum Gasteiger partial charge on any atom is -0.296 e. The Bertz CT molecular complexity index is 544. The van der Waals surface area contributed by atoms with Gasteiger partial charge in [-0.05, 0) is 36.7 Å². The summed E-state index contributed by atoms with van der Waals surface area (Å²) in [5, 5.41) is 0. The second-order valence-corrected chi connectivity index (χ2v) is 7.23. The van der Waals surface area contributed by atoms with E-state index in [4.69, 9.17) is 4.18 Å². The highest BCUT2D eigenvalue weighted by Crippen LogP contribution is 2.25. The van der Waals surface area contributed by atoms with Gasteiger partial charge >= 0.3 is 0 Å². The van der Waals surface area contributed by atoms with E-state index >= 15 is 0 Å². The summed E-state index contributed by atoms with van der Waals surface area (Å²) >= 11 is 3.46. The van der Waals surface area contributed by atoms with Gasteiger partial charge in [-0.25, -0.2) is 0 Å². The lowest BCUT2D eigenvalue weighted by atomic mass is 9.95. The van der Waals surface area contributed by atoms with Gasteiger partial charge in [0.05, 0.1) is 12.9 Å². The molecule has 0 aromatic heterocycles. The molecule has 1 aromatic rings. The molecule has 6 heteroatoms. The van der Waals surface area contributed by atoms with Crippen LogP contribution >= 0.6 is 15.9 Å². The van der Waals surface area contributed by atoms with Crippen LogP contribution in [0.2, 0.25) is 0 Å². The minimum absolute atomic E-state index is 0.0986. The van der Waals surface area contributed by atoms with Crippen molar-refractivity contribution in [3.63, 3.8) is 0 Å². The fourth-order valence-electron chi connectivity index (χ4n) is 2.13. The van der Waals surface area contributed by atoms with Gasteiger partial charge in [-0.15, -0.1) is 0 Å². The van der Waals surface area contributed by atoms with Crippen LogP contribution in [0.4, 0.5) is 0 Å². The van der Waals surface area contributed by atoms with Crippen LogP contribution in [0.15, 0.2) is 22.7 Å². The van der Waals surface area contributed by atoms with Gasteiger partial charge in [0.1, 0.15) is 0 Å². The Labute approximate surface area is 116 Å². The Morgan fingerprint density at radius 1 is 1.44 bits per heavy atom. The molecule has 1 heterocycles. The molecule has 0 saturated heterocycles. The zero-order chi connectivity index (χ0) is 13.3. The molecule has 0 aliphatic carbocycles. The topological polar surface area (TPSA) is 46.6 Å². The van der Waals surface area contributed by atoms with Gasteiger partial charge in [0.2, 0.25) is 0 Å². The van der Waals surface area contributed by atoms with Gasteiger partial charge in [0.15, 0.2) is 0 Å². The number of benzene rings is 1. The highest BCUT2D eigenvalue weighted by Gasteiger charge is 2.24. The van der Waals surface area contributed by atoms with Crippen molar-refractivity contribution in [1.29, 1.82) is 0 Å². The molecule has 0 fully saturated rings. The normalized spacial score (nSPS) is 20.7. The zero-order valence-corrected chi connectivity index (χ0v) is 12.8. The van der Waals surface area contributed by atoms with E-state index < -0.39 is 10.1 Å². The van der Waals surface area contributed by atoms with E-state index in [0.29, 0.717) is 0 Å². The molecule has 0 spiro atoms. The van der Waals surface area contributed by atoms with Crippen LogP contribution < -0.4 is 0 Å². The Hall–Kier alpha value is -0.430. The van der Waals surface area contributed by atoms with Crippen molar-refractivity contribution in [1.82, 2.24) is 4.90 Å². The van der Waals surface area contributed by atoms with Gasteiger partial charge in [-0.3, -0.25) is 9.08 Å². The summed E-state index contributed by atoms with van der Waals surface area (Å²) in [4.78, 5) is 2.13. The minimum atomic E-state index is -3.37. The maximum absolute atomic E-state index is 11.0. The van der Waals surface area contributed by atoms with E-state index in [9.17, 15) is 8.42 Å². The second kappa shape index (κ2) is 5.28. The molecule has 4 nitrogen and oxygen atoms in total. The molecule has 18 heavy (non-hydrogen) atoms. The largest absolute Gasteiger partial charge is 0.296 e. The lowest BCUT2D eigenvalue weighted by Crippen LogP contribution is -2.41. The Balaban J connectivity index is 2.12.